The highest BCUT2D eigenvalue weighted by Crippen LogP contribution is 2.30. The Hall–Kier alpha value is -1.28. The number of alkyl halides is 3. The van der Waals surface area contributed by atoms with Crippen molar-refractivity contribution in [2.75, 3.05) is 20.6 Å². The molecule has 0 aromatic carbocycles. The van der Waals surface area contributed by atoms with Crippen LogP contribution in [-0.2, 0) is 24.6 Å². The standard InChI is InChI=1S/C10H15F3N4O.ClH/c1-14-4-8(18)16(2)5-7-6-17(3)15-9(7)10(11,12)13;/h6,14H,4-5H2,1-3H3;1H. The van der Waals surface area contributed by atoms with Crippen molar-refractivity contribution >= 4 is 18.3 Å². The largest absolute Gasteiger partial charge is 0.435 e. The molecule has 0 aliphatic heterocycles. The van der Waals surface area contributed by atoms with Gasteiger partial charge in [-0.05, 0) is 7.05 Å². The van der Waals surface area contributed by atoms with Crippen LogP contribution in [0.5, 0.6) is 0 Å². The second-order valence-electron chi connectivity index (χ2n) is 3.95. The van der Waals surface area contributed by atoms with Crippen LogP contribution in [-0.4, -0.2) is 41.2 Å². The molecule has 110 valence electrons. The summed E-state index contributed by atoms with van der Waals surface area (Å²) in [5.74, 6) is -0.283. The molecule has 0 spiro atoms. The maximum absolute atomic E-state index is 12.7. The number of amides is 1. The van der Waals surface area contributed by atoms with Crippen molar-refractivity contribution in [3.63, 3.8) is 0 Å². The first-order valence-corrected chi connectivity index (χ1v) is 5.24. The highest BCUT2D eigenvalue weighted by molar-refractivity contribution is 5.85. The van der Waals surface area contributed by atoms with Gasteiger partial charge in [-0.2, -0.15) is 18.3 Å². The van der Waals surface area contributed by atoms with Gasteiger partial charge in [-0.3, -0.25) is 9.48 Å². The third-order valence-electron chi connectivity index (χ3n) is 2.33. The van der Waals surface area contributed by atoms with E-state index in [4.69, 9.17) is 0 Å². The van der Waals surface area contributed by atoms with E-state index < -0.39 is 11.9 Å². The molecule has 0 saturated heterocycles. The van der Waals surface area contributed by atoms with Crippen molar-refractivity contribution in [3.8, 4) is 0 Å². The summed E-state index contributed by atoms with van der Waals surface area (Å²) in [6.07, 6.45) is -3.24. The number of likely N-dealkylation sites (N-methyl/N-ethyl adjacent to an activating group) is 2. The zero-order valence-electron chi connectivity index (χ0n) is 10.8. The molecule has 1 heterocycles. The van der Waals surface area contributed by atoms with E-state index in [0.717, 1.165) is 4.68 Å². The summed E-state index contributed by atoms with van der Waals surface area (Å²) >= 11 is 0. The second kappa shape index (κ2) is 6.76. The van der Waals surface area contributed by atoms with Crippen LogP contribution in [0.1, 0.15) is 11.3 Å². The fraction of sp³-hybridized carbons (Fsp3) is 0.600. The van der Waals surface area contributed by atoms with Gasteiger partial charge in [-0.25, -0.2) is 0 Å². The molecule has 0 aliphatic rings. The average Bonchev–Trinajstić information content (AvgIpc) is 2.59. The molecule has 0 radical (unpaired) electrons. The van der Waals surface area contributed by atoms with Gasteiger partial charge in [0.25, 0.3) is 0 Å². The zero-order valence-corrected chi connectivity index (χ0v) is 11.6. The maximum atomic E-state index is 12.7. The van der Waals surface area contributed by atoms with Crippen molar-refractivity contribution in [1.82, 2.24) is 20.0 Å². The van der Waals surface area contributed by atoms with Crippen LogP contribution < -0.4 is 5.32 Å². The maximum Gasteiger partial charge on any atom is 0.435 e. The Morgan fingerprint density at radius 1 is 1.53 bits per heavy atom. The van der Waals surface area contributed by atoms with Crippen molar-refractivity contribution < 1.29 is 18.0 Å². The van der Waals surface area contributed by atoms with Crippen LogP contribution in [0.15, 0.2) is 6.20 Å². The molecule has 0 bridgehead atoms. The van der Waals surface area contributed by atoms with Crippen LogP contribution in [0, 0.1) is 0 Å². The first kappa shape index (κ1) is 17.7. The number of hydrogen-bond donors (Lipinski definition) is 1. The van der Waals surface area contributed by atoms with Gasteiger partial charge in [0.1, 0.15) is 0 Å². The van der Waals surface area contributed by atoms with Crippen LogP contribution >= 0.6 is 12.4 Å². The fourth-order valence-corrected chi connectivity index (χ4v) is 1.52. The van der Waals surface area contributed by atoms with Crippen molar-refractivity contribution in [1.29, 1.82) is 0 Å². The van der Waals surface area contributed by atoms with Gasteiger partial charge < -0.3 is 10.2 Å². The average molecular weight is 301 g/mol. The topological polar surface area (TPSA) is 50.2 Å². The first-order chi connectivity index (χ1) is 8.25. The lowest BCUT2D eigenvalue weighted by Crippen LogP contribution is -2.34. The normalized spacial score (nSPS) is 11.1. The van der Waals surface area contributed by atoms with Crippen LogP contribution in [0.3, 0.4) is 0 Å². The smallest absolute Gasteiger partial charge is 0.340 e. The third kappa shape index (κ3) is 4.71. The second-order valence-corrected chi connectivity index (χ2v) is 3.95. The Labute approximate surface area is 115 Å². The molecule has 0 aliphatic carbocycles. The molecular weight excluding hydrogens is 285 g/mol. The van der Waals surface area contributed by atoms with E-state index in [9.17, 15) is 18.0 Å². The van der Waals surface area contributed by atoms with Gasteiger partial charge in [-0.1, -0.05) is 0 Å². The quantitative estimate of drug-likeness (QED) is 0.904. The molecule has 0 saturated carbocycles. The number of halogens is 4. The molecule has 0 unspecified atom stereocenters. The predicted octanol–water partition coefficient (Wildman–Crippen LogP) is 1.04. The molecule has 1 rings (SSSR count). The minimum absolute atomic E-state index is 0. The summed E-state index contributed by atoms with van der Waals surface area (Å²) in [5.41, 5.74) is -0.967. The summed E-state index contributed by atoms with van der Waals surface area (Å²) in [7, 11) is 4.46. The van der Waals surface area contributed by atoms with E-state index in [0.29, 0.717) is 0 Å². The van der Waals surface area contributed by atoms with E-state index in [-0.39, 0.29) is 37.0 Å². The number of carbonyl (C=O) groups excluding carboxylic acids is 1. The van der Waals surface area contributed by atoms with Gasteiger partial charge in [0.2, 0.25) is 5.91 Å². The Balaban J connectivity index is 0.00000324. The Bertz CT molecular complexity index is 433. The number of aromatic nitrogens is 2. The van der Waals surface area contributed by atoms with E-state index in [1.807, 2.05) is 0 Å². The zero-order chi connectivity index (χ0) is 13.9. The lowest BCUT2D eigenvalue weighted by Gasteiger charge is -2.17. The highest BCUT2D eigenvalue weighted by Gasteiger charge is 2.37. The number of aryl methyl sites for hydroxylation is 1. The minimum atomic E-state index is -4.51. The highest BCUT2D eigenvalue weighted by atomic mass is 35.5. The molecule has 19 heavy (non-hydrogen) atoms. The van der Waals surface area contributed by atoms with E-state index in [1.165, 1.54) is 25.2 Å². The first-order valence-electron chi connectivity index (χ1n) is 5.24. The number of carbonyl (C=O) groups is 1. The van der Waals surface area contributed by atoms with Gasteiger partial charge >= 0.3 is 6.18 Å². The molecule has 1 amide bonds. The number of nitrogens with zero attached hydrogens (tertiary/aromatic N) is 3. The third-order valence-corrected chi connectivity index (χ3v) is 2.33. The number of nitrogens with one attached hydrogen (secondary N) is 1. The number of hydrogen-bond acceptors (Lipinski definition) is 3. The van der Waals surface area contributed by atoms with Crippen molar-refractivity contribution in [3.05, 3.63) is 17.5 Å². The SMILES string of the molecule is CNCC(=O)N(C)Cc1cn(C)nc1C(F)(F)F.Cl. The molecule has 1 N–H and O–H groups in total. The van der Waals surface area contributed by atoms with Crippen LogP contribution in [0.2, 0.25) is 0 Å². The van der Waals surface area contributed by atoms with Gasteiger partial charge in [0.05, 0.1) is 6.54 Å². The van der Waals surface area contributed by atoms with Gasteiger partial charge in [-0.15, -0.1) is 12.4 Å². The Kier molecular flexibility index (Phi) is 6.31. The molecule has 5 nitrogen and oxygen atoms in total. The monoisotopic (exact) mass is 300 g/mol. The van der Waals surface area contributed by atoms with Crippen LogP contribution in [0.4, 0.5) is 13.2 Å². The molecule has 1 aromatic rings. The van der Waals surface area contributed by atoms with E-state index in [2.05, 4.69) is 10.4 Å². The van der Waals surface area contributed by atoms with Crippen molar-refractivity contribution in [2.24, 2.45) is 7.05 Å². The minimum Gasteiger partial charge on any atom is -0.340 e. The summed E-state index contributed by atoms with van der Waals surface area (Å²) in [4.78, 5) is 12.7. The summed E-state index contributed by atoms with van der Waals surface area (Å²) in [5, 5.41) is 6.03. The Morgan fingerprint density at radius 3 is 2.58 bits per heavy atom. The molecule has 0 fully saturated rings. The lowest BCUT2D eigenvalue weighted by molar-refractivity contribution is -0.143. The molecule has 1 aromatic heterocycles. The fourth-order valence-electron chi connectivity index (χ4n) is 1.52. The lowest BCUT2D eigenvalue weighted by atomic mass is 10.2. The summed E-state index contributed by atoms with van der Waals surface area (Å²) < 4.78 is 39.1. The predicted molar refractivity (Wildman–Crippen MR) is 65.9 cm³/mol. The van der Waals surface area contributed by atoms with Gasteiger partial charge in [0.15, 0.2) is 5.69 Å². The summed E-state index contributed by atoms with van der Waals surface area (Å²) in [6.45, 7) is -0.0404. The van der Waals surface area contributed by atoms with Crippen molar-refractivity contribution in [2.45, 2.75) is 12.7 Å². The molecular formula is C10H16ClF3N4O. The Morgan fingerprint density at radius 2 is 2.11 bits per heavy atom. The van der Waals surface area contributed by atoms with E-state index in [1.54, 1.807) is 7.05 Å². The van der Waals surface area contributed by atoms with E-state index >= 15 is 0 Å². The summed E-state index contributed by atoms with van der Waals surface area (Å²) in [6, 6.07) is 0. The molecule has 0 atom stereocenters. The van der Waals surface area contributed by atoms with Gasteiger partial charge in [0, 0.05) is 32.4 Å². The molecule has 9 heteroatoms. The van der Waals surface area contributed by atoms with Crippen LogP contribution in [0.25, 0.3) is 0 Å². The number of rotatable bonds is 4.